The van der Waals surface area contributed by atoms with Crippen molar-refractivity contribution in [1.29, 1.82) is 0 Å². The highest BCUT2D eigenvalue weighted by atomic mass is 32.2. The van der Waals surface area contributed by atoms with Gasteiger partial charge in [-0.15, -0.1) is 0 Å². The van der Waals surface area contributed by atoms with E-state index < -0.39 is 27.7 Å². The normalized spacial score (nSPS) is 17.7. The van der Waals surface area contributed by atoms with Gasteiger partial charge in [-0.2, -0.15) is 4.31 Å². The molecule has 4 aromatic rings. The first-order valence-corrected chi connectivity index (χ1v) is 17.8. The zero-order chi connectivity index (χ0) is 34.4. The summed E-state index contributed by atoms with van der Waals surface area (Å²) in [6.07, 6.45) is 3.81. The molecule has 2 aliphatic rings. The maximum absolute atomic E-state index is 13.9. The van der Waals surface area contributed by atoms with Gasteiger partial charge in [-0.3, -0.25) is 9.69 Å². The number of sulfonamides is 1. The van der Waals surface area contributed by atoms with Crippen molar-refractivity contribution in [1.82, 2.24) is 24.1 Å². The highest BCUT2D eigenvalue weighted by Crippen LogP contribution is 2.42. The molecule has 256 valence electrons. The number of para-hydroxylation sites is 1. The Labute approximate surface area is 280 Å². The highest BCUT2D eigenvalue weighted by molar-refractivity contribution is 7.89. The van der Waals surface area contributed by atoms with E-state index in [4.69, 9.17) is 9.72 Å². The third-order valence-electron chi connectivity index (χ3n) is 10.4. The van der Waals surface area contributed by atoms with Crippen LogP contribution in [0.4, 0.5) is 8.78 Å². The third kappa shape index (κ3) is 6.45. The Kier molecular flexibility index (Phi) is 9.36. The van der Waals surface area contributed by atoms with Crippen molar-refractivity contribution in [2.24, 2.45) is 5.41 Å². The second-order valence-electron chi connectivity index (χ2n) is 13.4. The molecule has 0 radical (unpaired) electrons. The molecular formula is C36H43F2N5O4S. The van der Waals surface area contributed by atoms with Crippen molar-refractivity contribution in [2.45, 2.75) is 63.9 Å². The van der Waals surface area contributed by atoms with Crippen LogP contribution in [0.2, 0.25) is 0 Å². The number of fused-ring (bicyclic) bond motifs is 1. The lowest BCUT2D eigenvalue weighted by atomic mass is 9.71. The van der Waals surface area contributed by atoms with E-state index in [1.165, 1.54) is 16.4 Å². The van der Waals surface area contributed by atoms with Crippen LogP contribution in [0.3, 0.4) is 0 Å². The van der Waals surface area contributed by atoms with E-state index in [2.05, 4.69) is 9.88 Å². The third-order valence-corrected chi connectivity index (χ3v) is 12.7. The quantitative estimate of drug-likeness (QED) is 0.233. The fourth-order valence-corrected chi connectivity index (χ4v) is 9.05. The molecule has 0 aliphatic carbocycles. The molecule has 12 heteroatoms. The van der Waals surface area contributed by atoms with Gasteiger partial charge in [0.2, 0.25) is 10.0 Å². The Morgan fingerprint density at radius 2 is 1.65 bits per heavy atom. The summed E-state index contributed by atoms with van der Waals surface area (Å²) in [5.74, 6) is -0.675. The van der Waals surface area contributed by atoms with Gasteiger partial charge in [0.05, 0.1) is 29.1 Å². The standard InChI is InChI=1S/C36H43F2N5O4S/c1-23-19-27(47-5)20-24(2)33(23)48(45,46)41(4)25(3)34-39-31-8-6-7-28(32(31)40-34)35(44)43-17-13-36(14-18-43)11-15-42(16-12-36)22-26-9-10-29(37)30(38)21-26/h6-10,19-21,25H,11-18,22H2,1-5H3,(H,39,40). The number of nitrogens with one attached hydrogen (secondary N) is 1. The molecule has 0 saturated carbocycles. The summed E-state index contributed by atoms with van der Waals surface area (Å²) < 4.78 is 61.2. The number of aryl methyl sites for hydroxylation is 2. The smallest absolute Gasteiger partial charge is 0.256 e. The average Bonchev–Trinajstić information content (AvgIpc) is 3.51. The fraction of sp³-hybridized carbons (Fsp3) is 0.444. The van der Waals surface area contributed by atoms with E-state index in [9.17, 15) is 22.0 Å². The number of methoxy groups -OCH3 is 1. The van der Waals surface area contributed by atoms with Crippen LogP contribution in [0.15, 0.2) is 53.4 Å². The number of aromatic amines is 1. The summed E-state index contributed by atoms with van der Waals surface area (Å²) in [7, 11) is -0.789. The zero-order valence-electron chi connectivity index (χ0n) is 28.1. The van der Waals surface area contributed by atoms with Crippen molar-refractivity contribution in [2.75, 3.05) is 40.3 Å². The van der Waals surface area contributed by atoms with Gasteiger partial charge in [-0.05, 0) is 118 Å². The molecule has 2 aliphatic heterocycles. The van der Waals surface area contributed by atoms with Crippen LogP contribution >= 0.6 is 0 Å². The van der Waals surface area contributed by atoms with E-state index in [0.717, 1.165) is 44.3 Å². The molecule has 48 heavy (non-hydrogen) atoms. The molecule has 1 amide bonds. The van der Waals surface area contributed by atoms with E-state index in [1.54, 1.807) is 59.2 Å². The number of carbonyl (C=O) groups is 1. The number of H-pyrrole nitrogens is 1. The summed E-state index contributed by atoms with van der Waals surface area (Å²) in [6, 6.07) is 12.3. The number of nitrogens with zero attached hydrogens (tertiary/aromatic N) is 4. The molecule has 2 fully saturated rings. The minimum Gasteiger partial charge on any atom is -0.497 e. The van der Waals surface area contributed by atoms with Gasteiger partial charge in [0.1, 0.15) is 17.1 Å². The Morgan fingerprint density at radius 3 is 2.27 bits per heavy atom. The molecule has 3 aromatic carbocycles. The molecule has 1 spiro atoms. The molecule has 3 heterocycles. The van der Waals surface area contributed by atoms with Crippen LogP contribution in [-0.4, -0.2) is 78.7 Å². The second kappa shape index (κ2) is 13.2. The number of benzene rings is 3. The van der Waals surface area contributed by atoms with Crippen molar-refractivity contribution in [3.8, 4) is 5.75 Å². The Morgan fingerprint density at radius 1 is 1.00 bits per heavy atom. The first-order valence-electron chi connectivity index (χ1n) is 16.4. The Balaban J connectivity index is 1.12. The van der Waals surface area contributed by atoms with Gasteiger partial charge in [-0.1, -0.05) is 12.1 Å². The summed E-state index contributed by atoms with van der Waals surface area (Å²) in [5.41, 5.74) is 3.82. The number of hydrogen-bond donors (Lipinski definition) is 1. The topological polar surface area (TPSA) is 98.8 Å². The number of carbonyl (C=O) groups excluding carboxylic acids is 1. The molecule has 0 bridgehead atoms. The minimum absolute atomic E-state index is 0.0811. The fourth-order valence-electron chi connectivity index (χ4n) is 7.32. The number of aromatic nitrogens is 2. The van der Waals surface area contributed by atoms with E-state index in [1.807, 2.05) is 17.0 Å². The van der Waals surface area contributed by atoms with Crippen LogP contribution in [0.1, 0.15) is 71.5 Å². The number of ether oxygens (including phenoxy) is 1. The van der Waals surface area contributed by atoms with Gasteiger partial charge in [0, 0.05) is 26.7 Å². The lowest BCUT2D eigenvalue weighted by Gasteiger charge is -2.47. The van der Waals surface area contributed by atoms with Crippen molar-refractivity contribution >= 4 is 27.0 Å². The minimum atomic E-state index is -3.88. The largest absolute Gasteiger partial charge is 0.497 e. The summed E-state index contributed by atoms with van der Waals surface area (Å²) in [4.78, 5) is 26.3. The second-order valence-corrected chi connectivity index (χ2v) is 15.4. The summed E-state index contributed by atoms with van der Waals surface area (Å²) in [6.45, 7) is 8.92. The number of piperidine rings is 2. The van der Waals surface area contributed by atoms with Gasteiger partial charge in [0.15, 0.2) is 11.6 Å². The molecule has 1 atom stereocenters. The van der Waals surface area contributed by atoms with Gasteiger partial charge >= 0.3 is 0 Å². The van der Waals surface area contributed by atoms with Gasteiger partial charge < -0.3 is 14.6 Å². The number of amides is 1. The predicted molar refractivity (Wildman–Crippen MR) is 180 cm³/mol. The number of rotatable bonds is 8. The SMILES string of the molecule is COc1cc(C)c(S(=O)(=O)N(C)C(C)c2nc3c(C(=O)N4CCC5(CCN(Cc6ccc(F)c(F)c6)CC5)CC4)cccc3[nH]2)c(C)c1. The van der Waals surface area contributed by atoms with Crippen LogP contribution in [0, 0.1) is 30.9 Å². The van der Waals surface area contributed by atoms with Gasteiger partial charge in [-0.25, -0.2) is 22.2 Å². The molecular weight excluding hydrogens is 636 g/mol. The first-order chi connectivity index (χ1) is 22.8. The number of hydrogen-bond acceptors (Lipinski definition) is 6. The average molecular weight is 680 g/mol. The molecule has 9 nitrogen and oxygen atoms in total. The maximum Gasteiger partial charge on any atom is 0.256 e. The molecule has 6 rings (SSSR count). The van der Waals surface area contributed by atoms with Crippen LogP contribution in [0.5, 0.6) is 5.75 Å². The van der Waals surface area contributed by atoms with Crippen LogP contribution in [-0.2, 0) is 16.6 Å². The van der Waals surface area contributed by atoms with E-state index in [-0.39, 0.29) is 16.2 Å². The van der Waals surface area contributed by atoms with Crippen LogP contribution in [0.25, 0.3) is 11.0 Å². The summed E-state index contributed by atoms with van der Waals surface area (Å²) in [5, 5.41) is 0. The Bertz CT molecular complexity index is 1920. The number of likely N-dealkylation sites (tertiary alicyclic amines) is 2. The van der Waals surface area contributed by atoms with Crippen molar-refractivity contribution in [3.63, 3.8) is 0 Å². The molecule has 1 N–H and O–H groups in total. The van der Waals surface area contributed by atoms with Crippen molar-refractivity contribution in [3.05, 3.63) is 88.2 Å². The van der Waals surface area contributed by atoms with Crippen LogP contribution < -0.4 is 4.74 Å². The molecule has 1 aromatic heterocycles. The monoisotopic (exact) mass is 679 g/mol. The number of halogens is 2. The van der Waals surface area contributed by atoms with Crippen molar-refractivity contribution < 1.29 is 26.7 Å². The zero-order valence-corrected chi connectivity index (χ0v) is 29.0. The first kappa shape index (κ1) is 34.0. The summed E-state index contributed by atoms with van der Waals surface area (Å²) >= 11 is 0. The Hall–Kier alpha value is -3.87. The predicted octanol–water partition coefficient (Wildman–Crippen LogP) is 6.37. The highest BCUT2D eigenvalue weighted by Gasteiger charge is 2.39. The van der Waals surface area contributed by atoms with E-state index in [0.29, 0.717) is 58.9 Å². The molecule has 2 saturated heterocycles. The van der Waals surface area contributed by atoms with Gasteiger partial charge in [0.25, 0.3) is 5.91 Å². The van der Waals surface area contributed by atoms with E-state index >= 15 is 0 Å². The number of imidazole rings is 1. The molecule has 1 unspecified atom stereocenters. The lowest BCUT2D eigenvalue weighted by Crippen LogP contribution is -2.48. The lowest BCUT2D eigenvalue weighted by molar-refractivity contribution is 0.0286. The maximum atomic E-state index is 13.9.